The van der Waals surface area contributed by atoms with Crippen molar-refractivity contribution in [3.63, 3.8) is 0 Å². The molecule has 2 rings (SSSR count). The van der Waals surface area contributed by atoms with Gasteiger partial charge in [0.25, 0.3) is 0 Å². The van der Waals surface area contributed by atoms with Gasteiger partial charge in [-0.2, -0.15) is 21.6 Å². The average molecular weight is 270 g/mol. The lowest BCUT2D eigenvalue weighted by Gasteiger charge is -2.12. The molecule has 0 radical (unpaired) electrons. The van der Waals surface area contributed by atoms with Crippen LogP contribution >= 0.6 is 0 Å². The second-order valence-electron chi connectivity index (χ2n) is 3.00. The first-order valence-electron chi connectivity index (χ1n) is 4.14. The van der Waals surface area contributed by atoms with Crippen molar-refractivity contribution >= 4 is 16.1 Å². The first-order valence-corrected chi connectivity index (χ1v) is 5.47. The summed E-state index contributed by atoms with van der Waals surface area (Å²) < 4.78 is 66.4. The molecule has 0 spiro atoms. The zero-order valence-corrected chi connectivity index (χ0v) is 8.75. The van der Waals surface area contributed by atoms with Crippen molar-refractivity contribution in [1.82, 2.24) is 5.59 Å². The number of hydrogen-bond acceptors (Lipinski definition) is 6. The van der Waals surface area contributed by atoms with Gasteiger partial charge in [0.15, 0.2) is 0 Å². The van der Waals surface area contributed by atoms with E-state index < -0.39 is 22.1 Å². The largest absolute Gasteiger partial charge is 0.440 e. The monoisotopic (exact) mass is 270 g/mol. The van der Waals surface area contributed by atoms with Crippen LogP contribution in [0.4, 0.5) is 18.9 Å². The number of benzene rings is 1. The molecule has 0 amide bonds. The smallest absolute Gasteiger partial charge is 0.166 e. The summed E-state index contributed by atoms with van der Waals surface area (Å²) >= 11 is 0. The van der Waals surface area contributed by atoms with Gasteiger partial charge < -0.3 is 0 Å². The molecule has 1 saturated heterocycles. The zero-order chi connectivity index (χ0) is 12.7. The summed E-state index contributed by atoms with van der Waals surface area (Å²) in [6, 6.07) is 3.62. The van der Waals surface area contributed by atoms with Gasteiger partial charge in [0, 0.05) is 0 Å². The molecule has 0 aromatic heterocycles. The topological polar surface area (TPSA) is 67.9 Å². The summed E-state index contributed by atoms with van der Waals surface area (Å²) in [6.07, 6.45) is -4.46. The minimum absolute atomic E-state index is 0.0408. The van der Waals surface area contributed by atoms with Gasteiger partial charge in [0.1, 0.15) is 0 Å². The Morgan fingerprint density at radius 1 is 1.18 bits per heavy atom. The standard InChI is InChI=1S/C7H5F3N2O4S/c8-7(9,10)5-1-3-6(4-2-5)12-11-15-17(13,14)16-12/h1-4,11H. The maximum absolute atomic E-state index is 12.2. The Morgan fingerprint density at radius 2 is 1.76 bits per heavy atom. The van der Waals surface area contributed by atoms with Gasteiger partial charge in [-0.3, -0.25) is 0 Å². The van der Waals surface area contributed by atoms with E-state index in [-0.39, 0.29) is 5.69 Å². The number of nitrogens with zero attached hydrogens (tertiary/aromatic N) is 1. The second-order valence-corrected chi connectivity index (χ2v) is 4.13. The molecule has 0 saturated carbocycles. The second kappa shape index (κ2) is 3.84. The summed E-state index contributed by atoms with van der Waals surface area (Å²) in [5.41, 5.74) is 1.05. The fraction of sp³-hybridized carbons (Fsp3) is 0.143. The molecule has 1 fully saturated rings. The van der Waals surface area contributed by atoms with E-state index in [0.29, 0.717) is 5.17 Å². The van der Waals surface area contributed by atoms with Crippen LogP contribution in [-0.4, -0.2) is 8.42 Å². The highest BCUT2D eigenvalue weighted by molar-refractivity contribution is 7.82. The van der Waals surface area contributed by atoms with Gasteiger partial charge in [-0.05, 0) is 24.3 Å². The summed E-state index contributed by atoms with van der Waals surface area (Å²) in [4.78, 5) is 0. The molecule has 1 aliphatic heterocycles. The van der Waals surface area contributed by atoms with Crippen molar-refractivity contribution in [1.29, 1.82) is 0 Å². The van der Waals surface area contributed by atoms with Gasteiger partial charge >= 0.3 is 16.6 Å². The van der Waals surface area contributed by atoms with Crippen LogP contribution < -0.4 is 10.8 Å². The molecule has 1 heterocycles. The van der Waals surface area contributed by atoms with E-state index in [4.69, 9.17) is 0 Å². The molecule has 0 atom stereocenters. The van der Waals surface area contributed by atoms with Gasteiger partial charge in [-0.15, -0.1) is 13.7 Å². The molecular formula is C7H5F3N2O4S. The van der Waals surface area contributed by atoms with Gasteiger partial charge in [-0.25, -0.2) is 0 Å². The first kappa shape index (κ1) is 12.1. The van der Waals surface area contributed by atoms with Crippen molar-refractivity contribution < 1.29 is 30.2 Å². The molecule has 0 bridgehead atoms. The number of anilines is 1. The highest BCUT2D eigenvalue weighted by Gasteiger charge is 2.32. The fourth-order valence-electron chi connectivity index (χ4n) is 1.08. The Labute approximate surface area is 93.7 Å². The highest BCUT2D eigenvalue weighted by Crippen LogP contribution is 2.30. The van der Waals surface area contributed by atoms with Crippen molar-refractivity contribution in [2.24, 2.45) is 0 Å². The van der Waals surface area contributed by atoms with Gasteiger partial charge in [-0.1, -0.05) is 5.59 Å². The Morgan fingerprint density at radius 3 is 2.18 bits per heavy atom. The van der Waals surface area contributed by atoms with Crippen LogP contribution in [-0.2, 0) is 25.1 Å². The summed E-state index contributed by atoms with van der Waals surface area (Å²) in [7, 11) is -4.19. The predicted molar refractivity (Wildman–Crippen MR) is 48.1 cm³/mol. The molecule has 6 nitrogen and oxygen atoms in total. The van der Waals surface area contributed by atoms with Crippen molar-refractivity contribution in [2.45, 2.75) is 6.18 Å². The van der Waals surface area contributed by atoms with Crippen LogP contribution in [0, 0.1) is 0 Å². The Balaban J connectivity index is 2.20. The lowest BCUT2D eigenvalue weighted by Crippen LogP contribution is -2.28. The normalized spacial score (nSPS) is 19.6. The zero-order valence-electron chi connectivity index (χ0n) is 7.93. The lowest BCUT2D eigenvalue weighted by molar-refractivity contribution is -0.137. The third kappa shape index (κ3) is 2.66. The number of alkyl halides is 3. The predicted octanol–water partition coefficient (Wildman–Crippen LogP) is 1.14. The van der Waals surface area contributed by atoms with Crippen LogP contribution in [0.15, 0.2) is 24.3 Å². The van der Waals surface area contributed by atoms with Crippen LogP contribution in [0.25, 0.3) is 0 Å². The van der Waals surface area contributed by atoms with E-state index >= 15 is 0 Å². The van der Waals surface area contributed by atoms with E-state index in [1.54, 1.807) is 0 Å². The van der Waals surface area contributed by atoms with Crippen LogP contribution in [0.2, 0.25) is 0 Å². The summed E-state index contributed by atoms with van der Waals surface area (Å²) in [5.74, 6) is 0. The minimum Gasteiger partial charge on any atom is -0.166 e. The number of hydrazine groups is 1. The summed E-state index contributed by atoms with van der Waals surface area (Å²) in [5, 5.41) is 0.579. The van der Waals surface area contributed by atoms with Crippen molar-refractivity contribution in [2.75, 3.05) is 5.17 Å². The third-order valence-electron chi connectivity index (χ3n) is 1.82. The van der Waals surface area contributed by atoms with Crippen LogP contribution in [0.5, 0.6) is 0 Å². The molecule has 1 aromatic carbocycles. The van der Waals surface area contributed by atoms with Crippen LogP contribution in [0.3, 0.4) is 0 Å². The molecule has 10 heteroatoms. The van der Waals surface area contributed by atoms with E-state index in [1.165, 1.54) is 0 Å². The number of halogens is 3. The highest BCUT2D eigenvalue weighted by atomic mass is 32.3. The van der Waals surface area contributed by atoms with E-state index in [0.717, 1.165) is 24.3 Å². The Kier molecular flexibility index (Phi) is 2.73. The molecule has 17 heavy (non-hydrogen) atoms. The SMILES string of the molecule is O=S1(=O)ONN(c2ccc(C(F)(F)F)cc2)O1. The third-order valence-corrected chi connectivity index (χ3v) is 2.43. The Bertz CT molecular complexity index is 513. The number of rotatable bonds is 1. The maximum atomic E-state index is 12.2. The molecular weight excluding hydrogens is 265 g/mol. The average Bonchev–Trinajstić information content (AvgIpc) is 2.58. The number of nitrogens with one attached hydrogen (secondary N) is 1. The van der Waals surface area contributed by atoms with Crippen LogP contribution in [0.1, 0.15) is 5.56 Å². The molecule has 1 N–H and O–H groups in total. The number of hydrogen-bond donors (Lipinski definition) is 1. The van der Waals surface area contributed by atoms with E-state index in [1.807, 2.05) is 5.59 Å². The van der Waals surface area contributed by atoms with Gasteiger partial charge in [0.2, 0.25) is 0 Å². The van der Waals surface area contributed by atoms with E-state index in [9.17, 15) is 21.6 Å². The molecule has 1 aromatic rings. The maximum Gasteiger partial charge on any atom is 0.440 e. The van der Waals surface area contributed by atoms with E-state index in [2.05, 4.69) is 8.57 Å². The lowest BCUT2D eigenvalue weighted by atomic mass is 10.2. The Hall–Kier alpha value is -1.36. The molecule has 0 aliphatic carbocycles. The first-order chi connectivity index (χ1) is 7.78. The summed E-state index contributed by atoms with van der Waals surface area (Å²) in [6.45, 7) is 0. The molecule has 0 unspecified atom stereocenters. The van der Waals surface area contributed by atoms with Crippen molar-refractivity contribution in [3.05, 3.63) is 29.8 Å². The quantitative estimate of drug-likeness (QED) is 0.825. The van der Waals surface area contributed by atoms with Crippen molar-refractivity contribution in [3.8, 4) is 0 Å². The molecule has 1 aliphatic rings. The van der Waals surface area contributed by atoms with Gasteiger partial charge in [0.05, 0.1) is 11.3 Å². The fourth-order valence-corrected chi connectivity index (χ4v) is 1.57. The molecule has 94 valence electrons. The minimum atomic E-state index is -4.46.